The van der Waals surface area contributed by atoms with Gasteiger partial charge in [-0.25, -0.2) is 9.78 Å². The van der Waals surface area contributed by atoms with Gasteiger partial charge in [0.05, 0.1) is 18.9 Å². The molecule has 0 aliphatic heterocycles. The summed E-state index contributed by atoms with van der Waals surface area (Å²) >= 11 is 5.86. The number of nitrogens with zero attached hydrogens (tertiary/aromatic N) is 3. The summed E-state index contributed by atoms with van der Waals surface area (Å²) in [5.74, 6) is 0.113. The fourth-order valence-corrected chi connectivity index (χ4v) is 2.47. The number of oxazole rings is 1. The van der Waals surface area contributed by atoms with E-state index in [4.69, 9.17) is 21.3 Å². The molecule has 0 amide bonds. The van der Waals surface area contributed by atoms with Crippen molar-refractivity contribution >= 4 is 17.6 Å². The average Bonchev–Trinajstić information content (AvgIpc) is 3.11. The van der Waals surface area contributed by atoms with Gasteiger partial charge in [-0.05, 0) is 30.3 Å². The summed E-state index contributed by atoms with van der Waals surface area (Å²) in [7, 11) is 1.22. The first-order valence-electron chi connectivity index (χ1n) is 7.45. The summed E-state index contributed by atoms with van der Waals surface area (Å²) in [5.41, 5.74) is 0.151. The zero-order valence-electron chi connectivity index (χ0n) is 13.6. The van der Waals surface area contributed by atoms with Gasteiger partial charge >= 0.3 is 5.97 Å². The third-order valence-corrected chi connectivity index (χ3v) is 3.87. The molecule has 0 aliphatic rings. The number of carbonyl (C=O) groups is 1. The van der Waals surface area contributed by atoms with E-state index in [0.717, 1.165) is 5.56 Å². The lowest BCUT2D eigenvalue weighted by Crippen LogP contribution is -2.24. The van der Waals surface area contributed by atoms with E-state index in [0.29, 0.717) is 10.8 Å². The first-order valence-corrected chi connectivity index (χ1v) is 7.83. The number of esters is 1. The van der Waals surface area contributed by atoms with Gasteiger partial charge in [0.1, 0.15) is 18.2 Å². The van der Waals surface area contributed by atoms with Crippen LogP contribution in [0.1, 0.15) is 21.8 Å². The first-order chi connectivity index (χ1) is 12.5. The van der Waals surface area contributed by atoms with Gasteiger partial charge < -0.3 is 13.7 Å². The highest BCUT2D eigenvalue weighted by atomic mass is 35.5. The highest BCUT2D eigenvalue weighted by molar-refractivity contribution is 6.30. The third kappa shape index (κ3) is 3.50. The van der Waals surface area contributed by atoms with Gasteiger partial charge in [-0.2, -0.15) is 5.26 Å². The number of hydrogen-bond acceptors (Lipinski definition) is 6. The molecule has 0 radical (unpaired) electrons. The molecule has 0 N–H and O–H groups in total. The number of benzene rings is 1. The third-order valence-electron chi connectivity index (χ3n) is 3.62. The Labute approximate surface area is 153 Å². The summed E-state index contributed by atoms with van der Waals surface area (Å²) in [6, 6.07) is 9.98. The first kappa shape index (κ1) is 17.5. The van der Waals surface area contributed by atoms with Crippen molar-refractivity contribution in [3.05, 3.63) is 75.1 Å². The molecule has 0 atom stereocenters. The minimum absolute atomic E-state index is 0.0358. The van der Waals surface area contributed by atoms with E-state index in [9.17, 15) is 9.59 Å². The second-order valence-corrected chi connectivity index (χ2v) is 5.74. The number of rotatable bonds is 4. The second-order valence-electron chi connectivity index (χ2n) is 5.30. The molecule has 0 unspecified atom stereocenters. The maximum absolute atomic E-state index is 12.3. The number of hydrogen-bond donors (Lipinski definition) is 0. The lowest BCUT2D eigenvalue weighted by Gasteiger charge is -2.06. The Bertz CT molecular complexity index is 1060. The Kier molecular flexibility index (Phi) is 4.87. The van der Waals surface area contributed by atoms with Crippen molar-refractivity contribution in [3.63, 3.8) is 0 Å². The van der Waals surface area contributed by atoms with Gasteiger partial charge in [0.2, 0.25) is 5.89 Å². The molecule has 26 heavy (non-hydrogen) atoms. The number of carbonyl (C=O) groups excluding carboxylic acids is 1. The Morgan fingerprint density at radius 3 is 2.77 bits per heavy atom. The van der Waals surface area contributed by atoms with Crippen molar-refractivity contribution in [3.8, 4) is 17.4 Å². The standard InChI is InChI=1S/C18H12ClN3O4/c1-25-18(24)13-6-12(7-20)17(23)22(9-13)10-16-21-8-15(26-16)11-2-4-14(19)5-3-11/h2-6,8-9H,10H2,1H3. The lowest BCUT2D eigenvalue weighted by molar-refractivity contribution is 0.0599. The number of pyridine rings is 1. The summed E-state index contributed by atoms with van der Waals surface area (Å²) in [6.07, 6.45) is 2.83. The number of ether oxygens (including phenoxy) is 1. The van der Waals surface area contributed by atoms with Crippen LogP contribution in [0, 0.1) is 11.3 Å². The van der Waals surface area contributed by atoms with Crippen LogP contribution in [0.2, 0.25) is 5.02 Å². The Balaban J connectivity index is 1.94. The Morgan fingerprint density at radius 1 is 1.38 bits per heavy atom. The van der Waals surface area contributed by atoms with Crippen LogP contribution < -0.4 is 5.56 Å². The van der Waals surface area contributed by atoms with E-state index in [1.807, 2.05) is 0 Å². The van der Waals surface area contributed by atoms with Crippen LogP contribution in [0.5, 0.6) is 0 Å². The molecule has 130 valence electrons. The van der Waals surface area contributed by atoms with Gasteiger partial charge in [0, 0.05) is 16.8 Å². The van der Waals surface area contributed by atoms with E-state index in [2.05, 4.69) is 9.72 Å². The SMILES string of the molecule is COC(=O)c1cc(C#N)c(=O)n(Cc2ncc(-c3ccc(Cl)cc3)o2)c1. The van der Waals surface area contributed by atoms with Crippen LogP contribution in [-0.2, 0) is 11.3 Å². The molecule has 0 aliphatic carbocycles. The molecular formula is C18H12ClN3O4. The fourth-order valence-electron chi connectivity index (χ4n) is 2.34. The highest BCUT2D eigenvalue weighted by Gasteiger charge is 2.14. The quantitative estimate of drug-likeness (QED) is 0.656. The number of nitriles is 1. The maximum Gasteiger partial charge on any atom is 0.339 e. The van der Waals surface area contributed by atoms with E-state index < -0.39 is 11.5 Å². The molecule has 8 heteroatoms. The summed E-state index contributed by atoms with van der Waals surface area (Å²) in [6.45, 7) is -0.0358. The molecule has 0 spiro atoms. The van der Waals surface area contributed by atoms with Gasteiger partial charge in [0.15, 0.2) is 5.76 Å². The fraction of sp³-hybridized carbons (Fsp3) is 0.111. The molecule has 2 heterocycles. The van der Waals surface area contributed by atoms with E-state index in [1.165, 1.54) is 30.1 Å². The van der Waals surface area contributed by atoms with E-state index >= 15 is 0 Å². The molecule has 2 aromatic heterocycles. The van der Waals surface area contributed by atoms with Gasteiger partial charge in [-0.15, -0.1) is 0 Å². The summed E-state index contributed by atoms with van der Waals surface area (Å²) < 4.78 is 11.5. The van der Waals surface area contributed by atoms with Gasteiger partial charge in [-0.3, -0.25) is 4.79 Å². The second kappa shape index (κ2) is 7.25. The molecule has 7 nitrogen and oxygen atoms in total. The van der Waals surface area contributed by atoms with Crippen molar-refractivity contribution in [2.75, 3.05) is 7.11 Å². The Hall–Kier alpha value is -3.37. The predicted octanol–water partition coefficient (Wildman–Crippen LogP) is 2.86. The number of aromatic nitrogens is 2. The molecule has 0 saturated heterocycles. The lowest BCUT2D eigenvalue weighted by atomic mass is 10.2. The van der Waals surface area contributed by atoms with Crippen LogP contribution in [0.25, 0.3) is 11.3 Å². The van der Waals surface area contributed by atoms with Crippen LogP contribution in [-0.4, -0.2) is 22.6 Å². The monoisotopic (exact) mass is 369 g/mol. The predicted molar refractivity (Wildman–Crippen MR) is 92.8 cm³/mol. The number of methoxy groups -OCH3 is 1. The highest BCUT2D eigenvalue weighted by Crippen LogP contribution is 2.22. The van der Waals surface area contributed by atoms with E-state index in [1.54, 1.807) is 30.3 Å². The number of halogens is 1. The van der Waals surface area contributed by atoms with Gasteiger partial charge in [-0.1, -0.05) is 11.6 Å². The molecule has 3 rings (SSSR count). The summed E-state index contributed by atoms with van der Waals surface area (Å²) in [4.78, 5) is 28.1. The molecule has 1 aromatic carbocycles. The Morgan fingerprint density at radius 2 is 2.12 bits per heavy atom. The minimum atomic E-state index is -0.649. The van der Waals surface area contributed by atoms with Crippen molar-refractivity contribution in [1.29, 1.82) is 5.26 Å². The van der Waals surface area contributed by atoms with Crippen LogP contribution in [0.15, 0.2) is 51.9 Å². The minimum Gasteiger partial charge on any atom is -0.465 e. The average molecular weight is 370 g/mol. The maximum atomic E-state index is 12.3. The van der Waals surface area contributed by atoms with Crippen LogP contribution in [0.3, 0.4) is 0 Å². The van der Waals surface area contributed by atoms with Gasteiger partial charge in [0.25, 0.3) is 5.56 Å². The van der Waals surface area contributed by atoms with Crippen molar-refractivity contribution < 1.29 is 13.9 Å². The molecule has 0 fully saturated rings. The van der Waals surface area contributed by atoms with Crippen LogP contribution >= 0.6 is 11.6 Å². The smallest absolute Gasteiger partial charge is 0.339 e. The molecule has 0 bridgehead atoms. The van der Waals surface area contributed by atoms with Crippen molar-refractivity contribution in [2.24, 2.45) is 0 Å². The molecule has 3 aromatic rings. The molecule has 0 saturated carbocycles. The normalized spacial score (nSPS) is 10.3. The zero-order valence-corrected chi connectivity index (χ0v) is 14.4. The zero-order chi connectivity index (χ0) is 18.7. The van der Waals surface area contributed by atoms with E-state index in [-0.39, 0.29) is 23.6 Å². The molecular weight excluding hydrogens is 358 g/mol. The van der Waals surface area contributed by atoms with Crippen molar-refractivity contribution in [2.45, 2.75) is 6.54 Å². The van der Waals surface area contributed by atoms with Crippen LogP contribution in [0.4, 0.5) is 0 Å². The summed E-state index contributed by atoms with van der Waals surface area (Å²) in [5, 5.41) is 9.70. The van der Waals surface area contributed by atoms with Crippen molar-refractivity contribution in [1.82, 2.24) is 9.55 Å². The largest absolute Gasteiger partial charge is 0.465 e. The topological polar surface area (TPSA) is 98.1 Å².